The monoisotopic (exact) mass is 200 g/mol. The molecule has 0 bridgehead atoms. The summed E-state index contributed by atoms with van der Waals surface area (Å²) < 4.78 is 19.9. The van der Waals surface area contributed by atoms with Gasteiger partial charge in [0.25, 0.3) is 0 Å². The Morgan fingerprint density at radius 1 is 1.75 bits per heavy atom. The van der Waals surface area contributed by atoms with Gasteiger partial charge in [-0.25, -0.2) is 9.18 Å². The average molecular weight is 201 g/mol. The summed E-state index contributed by atoms with van der Waals surface area (Å²) in [6.07, 6.45) is -1.43. The molecule has 0 fully saturated rings. The van der Waals surface area contributed by atoms with Crippen molar-refractivity contribution in [3.05, 3.63) is 0 Å². The minimum atomic E-state index is -1.43. The molecule has 72 valence electrons. The van der Waals surface area contributed by atoms with Crippen molar-refractivity contribution in [1.29, 1.82) is 5.41 Å². The number of nitrogens with one attached hydrogen (secondary N) is 1. The van der Waals surface area contributed by atoms with E-state index >= 15 is 0 Å². The molecule has 0 aromatic carbocycles. The van der Waals surface area contributed by atoms with Gasteiger partial charge in [-0.3, -0.25) is 5.41 Å². The molecule has 12 heavy (non-hydrogen) atoms. The second kappa shape index (κ2) is 6.81. The topological polar surface area (TPSA) is 85.4 Å². The van der Waals surface area contributed by atoms with E-state index in [4.69, 9.17) is 11.1 Å². The van der Waals surface area contributed by atoms with Gasteiger partial charge in [-0.05, 0) is 0 Å². The van der Waals surface area contributed by atoms with Crippen LogP contribution in [0.1, 0.15) is 0 Å². The van der Waals surface area contributed by atoms with Crippen molar-refractivity contribution in [1.82, 2.24) is 0 Å². The Balaban J connectivity index is 0. The largest absolute Gasteiger partial charge is 0.467 e. The fourth-order valence-corrected chi connectivity index (χ4v) is 0.455. The zero-order valence-electron chi connectivity index (χ0n) is 6.37. The molecule has 3 N–H and O–H groups in total. The number of carbonyl (C=O) groups excluding carboxylic acids is 1. The SMILES string of the molecule is COC(=O)C(OCF)C(=N)N.Cl. The molecule has 0 spiro atoms. The smallest absolute Gasteiger partial charge is 0.343 e. The number of halogens is 2. The lowest BCUT2D eigenvalue weighted by molar-refractivity contribution is -0.151. The van der Waals surface area contributed by atoms with Gasteiger partial charge in [0.2, 0.25) is 6.10 Å². The first-order chi connectivity index (χ1) is 5.13. The Hall–Kier alpha value is -0.880. The van der Waals surface area contributed by atoms with Crippen LogP contribution in [0.25, 0.3) is 0 Å². The first-order valence-corrected chi connectivity index (χ1v) is 2.72. The predicted molar refractivity (Wildman–Crippen MR) is 42.0 cm³/mol. The molecule has 5 nitrogen and oxygen atoms in total. The Labute approximate surface area is 74.9 Å². The van der Waals surface area contributed by atoms with Crippen molar-refractivity contribution in [2.75, 3.05) is 14.0 Å². The minimum Gasteiger partial charge on any atom is -0.467 e. The van der Waals surface area contributed by atoms with E-state index in [2.05, 4.69) is 9.47 Å². The summed E-state index contributed by atoms with van der Waals surface area (Å²) in [5.74, 6) is -1.45. The summed E-state index contributed by atoms with van der Waals surface area (Å²) in [5.41, 5.74) is 4.89. The number of esters is 1. The van der Waals surface area contributed by atoms with E-state index < -0.39 is 24.8 Å². The molecular weight excluding hydrogens is 191 g/mol. The molecule has 0 aromatic rings. The molecular formula is C5H10ClFN2O3. The van der Waals surface area contributed by atoms with E-state index in [1.54, 1.807) is 0 Å². The summed E-state index contributed by atoms with van der Waals surface area (Å²) in [7, 11) is 1.10. The number of hydrogen-bond donors (Lipinski definition) is 2. The zero-order valence-corrected chi connectivity index (χ0v) is 7.19. The maximum absolute atomic E-state index is 11.5. The van der Waals surface area contributed by atoms with Gasteiger partial charge in [0.15, 0.2) is 6.86 Å². The highest BCUT2D eigenvalue weighted by Gasteiger charge is 2.22. The van der Waals surface area contributed by atoms with Crippen molar-refractivity contribution in [2.24, 2.45) is 5.73 Å². The summed E-state index contributed by atoms with van der Waals surface area (Å²) >= 11 is 0. The maximum Gasteiger partial charge on any atom is 0.343 e. The van der Waals surface area contributed by atoms with Crippen LogP contribution in [-0.4, -0.2) is 31.9 Å². The first kappa shape index (κ1) is 13.7. The number of nitrogens with two attached hydrogens (primary N) is 1. The quantitative estimate of drug-likeness (QED) is 0.375. The standard InChI is InChI=1S/C5H9FN2O3.ClH/c1-10-5(9)3(4(7)8)11-2-6;/h3H,2H2,1H3,(H3,7,8);1H. The molecule has 0 aromatic heterocycles. The van der Waals surface area contributed by atoms with Crippen LogP contribution >= 0.6 is 12.4 Å². The Kier molecular flexibility index (Phi) is 7.77. The third-order valence-electron chi connectivity index (χ3n) is 0.927. The van der Waals surface area contributed by atoms with Gasteiger partial charge >= 0.3 is 5.97 Å². The highest BCUT2D eigenvalue weighted by Crippen LogP contribution is 1.94. The van der Waals surface area contributed by atoms with E-state index in [0.29, 0.717) is 0 Å². The Morgan fingerprint density at radius 3 is 2.50 bits per heavy atom. The van der Waals surface area contributed by atoms with Crippen LogP contribution in [-0.2, 0) is 14.3 Å². The van der Waals surface area contributed by atoms with E-state index in [1.807, 2.05) is 0 Å². The molecule has 0 amide bonds. The summed E-state index contributed by atoms with van der Waals surface area (Å²) in [6.45, 7) is -1.18. The van der Waals surface area contributed by atoms with Crippen molar-refractivity contribution in [3.63, 3.8) is 0 Å². The van der Waals surface area contributed by atoms with Crippen LogP contribution < -0.4 is 5.73 Å². The van der Waals surface area contributed by atoms with Crippen molar-refractivity contribution < 1.29 is 18.7 Å². The van der Waals surface area contributed by atoms with Crippen molar-refractivity contribution in [2.45, 2.75) is 6.10 Å². The molecule has 0 aliphatic carbocycles. The lowest BCUT2D eigenvalue weighted by Crippen LogP contribution is -2.38. The van der Waals surface area contributed by atoms with E-state index in [1.165, 1.54) is 0 Å². The van der Waals surface area contributed by atoms with E-state index in [-0.39, 0.29) is 12.4 Å². The van der Waals surface area contributed by atoms with Crippen molar-refractivity contribution >= 4 is 24.2 Å². The third kappa shape index (κ3) is 4.09. The molecule has 0 aliphatic rings. The molecule has 0 rings (SSSR count). The number of hydrogen-bond acceptors (Lipinski definition) is 4. The minimum absolute atomic E-state index is 0. The molecule has 1 atom stereocenters. The molecule has 0 saturated carbocycles. The normalized spacial score (nSPS) is 11.2. The van der Waals surface area contributed by atoms with Crippen LogP contribution in [0.4, 0.5) is 4.39 Å². The second-order valence-electron chi connectivity index (χ2n) is 1.63. The molecule has 0 radical (unpaired) electrons. The molecule has 0 heterocycles. The number of rotatable bonds is 4. The molecule has 0 saturated heterocycles. The van der Waals surface area contributed by atoms with Gasteiger partial charge in [-0.1, -0.05) is 0 Å². The highest BCUT2D eigenvalue weighted by atomic mass is 35.5. The van der Waals surface area contributed by atoms with Gasteiger partial charge < -0.3 is 15.2 Å². The van der Waals surface area contributed by atoms with Gasteiger partial charge in [0.1, 0.15) is 5.84 Å². The van der Waals surface area contributed by atoms with Gasteiger partial charge in [-0.2, -0.15) is 0 Å². The predicted octanol–water partition coefficient (Wildman–Crippen LogP) is -0.171. The number of ether oxygens (including phenoxy) is 2. The Bertz CT molecular complexity index is 167. The molecule has 1 unspecified atom stereocenters. The van der Waals surface area contributed by atoms with Gasteiger partial charge in [0, 0.05) is 0 Å². The number of alkyl halides is 1. The average Bonchev–Trinajstić information content (AvgIpc) is 1.98. The third-order valence-corrected chi connectivity index (χ3v) is 0.927. The summed E-state index contributed by atoms with van der Waals surface area (Å²) in [6, 6.07) is 0. The van der Waals surface area contributed by atoms with Gasteiger partial charge in [0.05, 0.1) is 7.11 Å². The van der Waals surface area contributed by atoms with Crippen LogP contribution in [0.3, 0.4) is 0 Å². The van der Waals surface area contributed by atoms with Crippen LogP contribution in [0.15, 0.2) is 0 Å². The van der Waals surface area contributed by atoms with Crippen LogP contribution in [0.2, 0.25) is 0 Å². The number of methoxy groups -OCH3 is 1. The lowest BCUT2D eigenvalue weighted by atomic mass is 10.3. The van der Waals surface area contributed by atoms with Crippen LogP contribution in [0.5, 0.6) is 0 Å². The zero-order chi connectivity index (χ0) is 8.85. The van der Waals surface area contributed by atoms with E-state index in [0.717, 1.165) is 7.11 Å². The van der Waals surface area contributed by atoms with E-state index in [9.17, 15) is 9.18 Å². The summed E-state index contributed by atoms with van der Waals surface area (Å²) in [5, 5.41) is 6.77. The maximum atomic E-state index is 11.5. The van der Waals surface area contributed by atoms with Crippen LogP contribution in [0, 0.1) is 5.41 Å². The number of amidine groups is 1. The van der Waals surface area contributed by atoms with Crippen molar-refractivity contribution in [3.8, 4) is 0 Å². The molecule has 0 aliphatic heterocycles. The van der Waals surface area contributed by atoms with Gasteiger partial charge in [-0.15, -0.1) is 12.4 Å². The highest BCUT2D eigenvalue weighted by molar-refractivity contribution is 6.01. The lowest BCUT2D eigenvalue weighted by Gasteiger charge is -2.10. The fourth-order valence-electron chi connectivity index (χ4n) is 0.455. The molecule has 7 heteroatoms. The first-order valence-electron chi connectivity index (χ1n) is 2.72. The Morgan fingerprint density at radius 2 is 2.25 bits per heavy atom. The number of carbonyl (C=O) groups is 1. The second-order valence-corrected chi connectivity index (χ2v) is 1.63. The fraction of sp³-hybridized carbons (Fsp3) is 0.600. The summed E-state index contributed by atoms with van der Waals surface area (Å²) in [4.78, 5) is 10.6.